The van der Waals surface area contributed by atoms with E-state index in [1.54, 1.807) is 30.3 Å². The van der Waals surface area contributed by atoms with Crippen LogP contribution >= 0.6 is 62.5 Å². The first kappa shape index (κ1) is 27.5. The van der Waals surface area contributed by atoms with Crippen molar-refractivity contribution in [3.63, 3.8) is 0 Å². The molecule has 4 rings (SSSR count). The van der Waals surface area contributed by atoms with E-state index in [2.05, 4.69) is 21.2 Å². The molecule has 0 unspecified atom stereocenters. The van der Waals surface area contributed by atoms with Crippen molar-refractivity contribution in [3.05, 3.63) is 96.0 Å². The molecule has 190 valence electrons. The Balaban J connectivity index is 1.44. The Bertz CT molecular complexity index is 1430. The van der Waals surface area contributed by atoms with Crippen LogP contribution in [0.5, 0.6) is 5.75 Å². The normalized spacial score (nSPS) is 14.4. The van der Waals surface area contributed by atoms with Gasteiger partial charge in [-0.25, -0.2) is 4.39 Å². The summed E-state index contributed by atoms with van der Waals surface area (Å²) < 4.78 is 19.7. The third-order valence-electron chi connectivity index (χ3n) is 4.97. The minimum atomic E-state index is -0.636. The van der Waals surface area contributed by atoms with Gasteiger partial charge in [0.2, 0.25) is 5.91 Å². The SMILES string of the molecule is O=C(CN1C(=O)S/C(=C/c2cc(Cl)c(OCc3ccc(Cl)c(Cl)c3)c(Br)c2)C1=O)Nc1cccc(F)c1. The summed E-state index contributed by atoms with van der Waals surface area (Å²) in [4.78, 5) is 38.4. The molecule has 1 heterocycles. The minimum absolute atomic E-state index is 0.121. The van der Waals surface area contributed by atoms with Crippen molar-refractivity contribution >= 4 is 91.3 Å². The number of carbonyl (C=O) groups excluding carboxylic acids is 3. The van der Waals surface area contributed by atoms with Crippen molar-refractivity contribution in [2.75, 3.05) is 11.9 Å². The van der Waals surface area contributed by atoms with Crippen molar-refractivity contribution in [3.8, 4) is 5.75 Å². The number of imide groups is 1. The van der Waals surface area contributed by atoms with Gasteiger partial charge in [-0.3, -0.25) is 19.3 Å². The Hall–Kier alpha value is -2.56. The summed E-state index contributed by atoms with van der Waals surface area (Å²) in [6.07, 6.45) is 1.49. The van der Waals surface area contributed by atoms with E-state index in [0.29, 0.717) is 37.6 Å². The Labute approximate surface area is 238 Å². The van der Waals surface area contributed by atoms with Crippen molar-refractivity contribution in [2.45, 2.75) is 6.61 Å². The van der Waals surface area contributed by atoms with Crippen LogP contribution < -0.4 is 10.1 Å². The summed E-state index contributed by atoms with van der Waals surface area (Å²) in [5, 5.41) is 2.98. The fourth-order valence-electron chi connectivity index (χ4n) is 3.28. The predicted octanol–water partition coefficient (Wildman–Crippen LogP) is 7.80. The topological polar surface area (TPSA) is 75.7 Å². The number of nitrogens with one attached hydrogen (secondary N) is 1. The smallest absolute Gasteiger partial charge is 0.294 e. The van der Waals surface area contributed by atoms with Crippen LogP contribution in [-0.4, -0.2) is 28.5 Å². The van der Waals surface area contributed by atoms with Gasteiger partial charge in [0.25, 0.3) is 11.1 Å². The van der Waals surface area contributed by atoms with Crippen molar-refractivity contribution in [1.29, 1.82) is 0 Å². The lowest BCUT2D eigenvalue weighted by Crippen LogP contribution is -2.36. The standard InChI is InChI=1S/C25H15BrCl3FN2O4S/c26-17-6-14(8-20(29)23(17)36-12-13-4-5-18(27)19(28)7-13)9-21-24(34)32(25(35)37-21)11-22(33)31-16-3-1-2-15(30)10-16/h1-10H,11-12H2,(H,31,33)/b21-9+. The number of benzene rings is 3. The summed E-state index contributed by atoms with van der Waals surface area (Å²) in [6.45, 7) is -0.324. The Morgan fingerprint density at radius 3 is 2.54 bits per heavy atom. The van der Waals surface area contributed by atoms with Crippen LogP contribution in [0, 0.1) is 5.82 Å². The molecule has 1 saturated heterocycles. The number of nitrogens with zero attached hydrogens (tertiary/aromatic N) is 1. The Morgan fingerprint density at radius 2 is 1.84 bits per heavy atom. The maximum atomic E-state index is 13.3. The highest BCUT2D eigenvalue weighted by molar-refractivity contribution is 9.10. The lowest BCUT2D eigenvalue weighted by molar-refractivity contribution is -0.127. The molecule has 0 atom stereocenters. The van der Waals surface area contributed by atoms with Crippen LogP contribution in [0.25, 0.3) is 6.08 Å². The molecule has 1 aliphatic heterocycles. The van der Waals surface area contributed by atoms with Gasteiger partial charge in [0.05, 0.1) is 24.4 Å². The fourth-order valence-corrected chi connectivity index (χ4v) is 5.43. The zero-order valence-corrected chi connectivity index (χ0v) is 23.2. The first-order chi connectivity index (χ1) is 17.6. The van der Waals surface area contributed by atoms with Crippen molar-refractivity contribution in [1.82, 2.24) is 4.90 Å². The van der Waals surface area contributed by atoms with Gasteiger partial charge in [-0.2, -0.15) is 0 Å². The molecule has 0 saturated carbocycles. The molecule has 0 aromatic heterocycles. The zero-order valence-electron chi connectivity index (χ0n) is 18.6. The number of ether oxygens (including phenoxy) is 1. The zero-order chi connectivity index (χ0) is 26.7. The van der Waals surface area contributed by atoms with Crippen LogP contribution in [0.15, 0.2) is 64.0 Å². The molecule has 3 aromatic carbocycles. The van der Waals surface area contributed by atoms with E-state index in [0.717, 1.165) is 16.5 Å². The number of rotatable bonds is 7. The molecule has 3 amide bonds. The van der Waals surface area contributed by atoms with Gasteiger partial charge in [-0.05, 0) is 87.4 Å². The monoisotopic (exact) mass is 642 g/mol. The Morgan fingerprint density at radius 1 is 1.05 bits per heavy atom. The lowest BCUT2D eigenvalue weighted by atomic mass is 10.2. The van der Waals surface area contributed by atoms with Crippen LogP contribution in [0.3, 0.4) is 0 Å². The minimum Gasteiger partial charge on any atom is -0.486 e. The molecular formula is C25H15BrCl3FN2O4S. The van der Waals surface area contributed by atoms with Crippen molar-refractivity contribution < 1.29 is 23.5 Å². The molecule has 0 bridgehead atoms. The third-order valence-corrected chi connectivity index (χ3v) is 7.49. The molecular weight excluding hydrogens is 630 g/mol. The van der Waals surface area contributed by atoms with E-state index in [1.165, 1.54) is 24.3 Å². The molecule has 12 heteroatoms. The molecule has 0 radical (unpaired) electrons. The van der Waals surface area contributed by atoms with Crippen LogP contribution in [0.2, 0.25) is 15.1 Å². The van der Waals surface area contributed by atoms with E-state index in [1.807, 2.05) is 0 Å². The second-order valence-electron chi connectivity index (χ2n) is 7.68. The summed E-state index contributed by atoms with van der Waals surface area (Å²) in [6, 6.07) is 13.7. The average molecular weight is 645 g/mol. The maximum absolute atomic E-state index is 13.3. The summed E-state index contributed by atoms with van der Waals surface area (Å²) in [7, 11) is 0. The predicted molar refractivity (Wildman–Crippen MR) is 148 cm³/mol. The average Bonchev–Trinajstić information content (AvgIpc) is 3.08. The van der Waals surface area contributed by atoms with Gasteiger partial charge in [-0.1, -0.05) is 46.9 Å². The molecule has 37 heavy (non-hydrogen) atoms. The third kappa shape index (κ3) is 6.86. The highest BCUT2D eigenvalue weighted by atomic mass is 79.9. The van der Waals surface area contributed by atoms with E-state index in [4.69, 9.17) is 39.5 Å². The number of hydrogen-bond acceptors (Lipinski definition) is 5. The molecule has 6 nitrogen and oxygen atoms in total. The molecule has 1 N–H and O–H groups in total. The van der Waals surface area contributed by atoms with Gasteiger partial charge in [0.15, 0.2) is 5.75 Å². The summed E-state index contributed by atoms with van der Waals surface area (Å²) in [5.74, 6) is -1.41. The maximum Gasteiger partial charge on any atom is 0.294 e. The van der Waals surface area contributed by atoms with Crippen molar-refractivity contribution in [2.24, 2.45) is 0 Å². The van der Waals surface area contributed by atoms with E-state index in [9.17, 15) is 18.8 Å². The summed E-state index contributed by atoms with van der Waals surface area (Å²) >= 11 is 22.5. The number of amides is 3. The fraction of sp³-hybridized carbons (Fsp3) is 0.0800. The number of carbonyl (C=O) groups is 3. The molecule has 3 aromatic rings. The van der Waals surface area contributed by atoms with Crippen LogP contribution in [-0.2, 0) is 16.2 Å². The van der Waals surface area contributed by atoms with E-state index < -0.39 is 29.4 Å². The first-order valence-electron chi connectivity index (χ1n) is 10.5. The molecule has 0 aliphatic carbocycles. The molecule has 0 spiro atoms. The second-order valence-corrected chi connectivity index (χ2v) is 10.7. The van der Waals surface area contributed by atoms with Gasteiger partial charge >= 0.3 is 0 Å². The van der Waals surface area contributed by atoms with Gasteiger partial charge in [0, 0.05) is 5.69 Å². The number of anilines is 1. The van der Waals surface area contributed by atoms with Gasteiger partial charge in [-0.15, -0.1) is 0 Å². The molecule has 1 fully saturated rings. The highest BCUT2D eigenvalue weighted by Gasteiger charge is 2.36. The van der Waals surface area contributed by atoms with Crippen LogP contribution in [0.1, 0.15) is 11.1 Å². The number of thioether (sulfide) groups is 1. The quantitative estimate of drug-likeness (QED) is 0.266. The number of halogens is 5. The van der Waals surface area contributed by atoms with Crippen LogP contribution in [0.4, 0.5) is 14.9 Å². The summed E-state index contributed by atoms with van der Waals surface area (Å²) in [5.41, 5.74) is 1.54. The highest BCUT2D eigenvalue weighted by Crippen LogP contribution is 2.38. The van der Waals surface area contributed by atoms with Gasteiger partial charge in [0.1, 0.15) is 19.0 Å². The Kier molecular flexibility index (Phi) is 8.82. The lowest BCUT2D eigenvalue weighted by Gasteiger charge is -2.13. The second kappa shape index (κ2) is 11.9. The van der Waals surface area contributed by atoms with E-state index >= 15 is 0 Å². The number of hydrogen-bond donors (Lipinski definition) is 1. The first-order valence-corrected chi connectivity index (χ1v) is 13.2. The van der Waals surface area contributed by atoms with E-state index in [-0.39, 0.29) is 22.2 Å². The van der Waals surface area contributed by atoms with Gasteiger partial charge < -0.3 is 10.1 Å². The molecule has 1 aliphatic rings. The largest absolute Gasteiger partial charge is 0.486 e.